The van der Waals surface area contributed by atoms with Gasteiger partial charge in [-0.3, -0.25) is 19.3 Å². The zero-order chi connectivity index (χ0) is 26.5. The van der Waals surface area contributed by atoms with E-state index in [4.69, 9.17) is 4.74 Å². The number of carbonyl (C=O) groups is 4. The monoisotopic (exact) mass is 495 g/mol. The summed E-state index contributed by atoms with van der Waals surface area (Å²) in [6.07, 6.45) is 0. The molecule has 3 aromatic carbocycles. The number of amides is 3. The Balaban J connectivity index is 1.42. The van der Waals surface area contributed by atoms with E-state index < -0.39 is 11.9 Å². The molecule has 1 aliphatic heterocycles. The summed E-state index contributed by atoms with van der Waals surface area (Å²) in [5.74, 6) is -2.06. The van der Waals surface area contributed by atoms with Gasteiger partial charge in [0.2, 0.25) is 5.91 Å². The molecule has 0 saturated heterocycles. The molecule has 8 nitrogen and oxygen atoms in total. The van der Waals surface area contributed by atoms with E-state index in [-0.39, 0.29) is 36.4 Å². The molecule has 0 fully saturated rings. The molecule has 0 atom stereocenters. The number of esters is 1. The van der Waals surface area contributed by atoms with E-state index in [9.17, 15) is 19.2 Å². The van der Waals surface area contributed by atoms with E-state index >= 15 is 0 Å². The zero-order valence-electron chi connectivity index (χ0n) is 20.2. The van der Waals surface area contributed by atoms with Gasteiger partial charge in [-0.05, 0) is 40.5 Å². The van der Waals surface area contributed by atoms with Crippen LogP contribution in [-0.2, 0) is 32.3 Å². The fraction of sp³-hybridized carbons (Fsp3) is 0.103. The number of hydrogen-bond acceptors (Lipinski definition) is 5. The third kappa shape index (κ3) is 5.65. The Hall–Kier alpha value is -4.98. The number of ether oxygens (including phenoxy) is 1. The molecular formula is C29H25N3O5. The number of fused-ring (bicyclic) bond motifs is 1. The van der Waals surface area contributed by atoms with Crippen molar-refractivity contribution in [2.24, 2.45) is 0 Å². The first-order valence-electron chi connectivity index (χ1n) is 11.5. The summed E-state index contributed by atoms with van der Waals surface area (Å²) in [5.41, 5.74) is 3.95. The predicted octanol–water partition coefficient (Wildman–Crippen LogP) is 4.15. The Morgan fingerprint density at radius 2 is 1.59 bits per heavy atom. The molecule has 4 rings (SSSR count). The Labute approximate surface area is 214 Å². The van der Waals surface area contributed by atoms with Crippen molar-refractivity contribution >= 4 is 29.4 Å². The standard InChI is InChI=1S/C29H25N3O5/c1-18(29(36)37-17-21-8-5-4-6-9-21)30-27(34)19(2)32-16-26-24(10-7-11-25(26)28(32)35)22-12-14-23(15-13-22)31-20(3)33/h4-15H,1-2,16-17H2,3H3,(H,30,34)(H,31,33). The number of benzene rings is 3. The SMILES string of the molecule is C=C(NC(=O)C(=C)N1Cc2c(cccc2-c2ccc(NC(C)=O)cc2)C1=O)C(=O)OCc1ccccc1. The van der Waals surface area contributed by atoms with Crippen molar-refractivity contribution in [1.29, 1.82) is 0 Å². The van der Waals surface area contributed by atoms with Crippen molar-refractivity contribution in [3.8, 4) is 11.1 Å². The van der Waals surface area contributed by atoms with E-state index in [1.807, 2.05) is 36.4 Å². The average Bonchev–Trinajstić information content (AvgIpc) is 3.24. The molecule has 0 aliphatic carbocycles. The number of hydrogen-bond donors (Lipinski definition) is 2. The second-order valence-corrected chi connectivity index (χ2v) is 8.42. The maximum atomic E-state index is 13.1. The Morgan fingerprint density at radius 1 is 0.919 bits per heavy atom. The van der Waals surface area contributed by atoms with E-state index in [2.05, 4.69) is 23.8 Å². The molecule has 0 radical (unpaired) electrons. The molecule has 3 aromatic rings. The van der Waals surface area contributed by atoms with E-state index in [1.54, 1.807) is 36.4 Å². The molecule has 0 spiro atoms. The third-order valence-electron chi connectivity index (χ3n) is 5.80. The van der Waals surface area contributed by atoms with Gasteiger partial charge in [0.1, 0.15) is 18.0 Å². The maximum Gasteiger partial charge on any atom is 0.354 e. The summed E-state index contributed by atoms with van der Waals surface area (Å²) < 4.78 is 5.18. The van der Waals surface area contributed by atoms with Crippen LogP contribution in [0.5, 0.6) is 0 Å². The molecule has 1 heterocycles. The van der Waals surface area contributed by atoms with Crippen molar-refractivity contribution in [3.63, 3.8) is 0 Å². The van der Waals surface area contributed by atoms with Gasteiger partial charge in [-0.15, -0.1) is 0 Å². The summed E-state index contributed by atoms with van der Waals surface area (Å²) in [6.45, 7) is 8.95. The van der Waals surface area contributed by atoms with Crippen LogP contribution in [0.1, 0.15) is 28.4 Å². The fourth-order valence-corrected chi connectivity index (χ4v) is 3.95. The summed E-state index contributed by atoms with van der Waals surface area (Å²) in [7, 11) is 0. The second kappa shape index (κ2) is 10.7. The van der Waals surface area contributed by atoms with Gasteiger partial charge in [-0.25, -0.2) is 4.79 Å². The number of rotatable bonds is 8. The highest BCUT2D eigenvalue weighted by molar-refractivity contribution is 6.08. The van der Waals surface area contributed by atoms with E-state index in [0.29, 0.717) is 11.3 Å². The van der Waals surface area contributed by atoms with Crippen molar-refractivity contribution in [1.82, 2.24) is 10.2 Å². The first kappa shape index (κ1) is 25.1. The summed E-state index contributed by atoms with van der Waals surface area (Å²) in [5, 5.41) is 5.09. The molecule has 0 bridgehead atoms. The minimum Gasteiger partial charge on any atom is -0.456 e. The van der Waals surface area contributed by atoms with Crippen LogP contribution in [0.15, 0.2) is 97.3 Å². The average molecular weight is 496 g/mol. The molecule has 1 aliphatic rings. The summed E-state index contributed by atoms with van der Waals surface area (Å²) >= 11 is 0. The van der Waals surface area contributed by atoms with Gasteiger partial charge in [-0.2, -0.15) is 0 Å². The molecule has 2 N–H and O–H groups in total. The highest BCUT2D eigenvalue weighted by Gasteiger charge is 2.33. The Kier molecular flexibility index (Phi) is 7.29. The van der Waals surface area contributed by atoms with Crippen molar-refractivity contribution < 1.29 is 23.9 Å². The normalized spacial score (nSPS) is 11.9. The molecular weight excluding hydrogens is 470 g/mol. The molecule has 186 valence electrons. The first-order chi connectivity index (χ1) is 17.7. The van der Waals surface area contributed by atoms with Gasteiger partial charge in [-0.1, -0.05) is 67.8 Å². The minimum atomic E-state index is -0.786. The van der Waals surface area contributed by atoms with Gasteiger partial charge in [0, 0.05) is 18.2 Å². The van der Waals surface area contributed by atoms with Crippen molar-refractivity contribution in [3.05, 3.63) is 114 Å². The minimum absolute atomic E-state index is 0.0317. The highest BCUT2D eigenvalue weighted by atomic mass is 16.5. The number of nitrogens with one attached hydrogen (secondary N) is 2. The highest BCUT2D eigenvalue weighted by Crippen LogP contribution is 2.34. The fourth-order valence-electron chi connectivity index (χ4n) is 3.95. The lowest BCUT2D eigenvalue weighted by Gasteiger charge is -2.18. The molecule has 3 amide bonds. The van der Waals surface area contributed by atoms with Crippen LogP contribution >= 0.6 is 0 Å². The molecule has 37 heavy (non-hydrogen) atoms. The van der Waals surface area contributed by atoms with Crippen LogP contribution in [0.2, 0.25) is 0 Å². The van der Waals surface area contributed by atoms with Gasteiger partial charge in [0.15, 0.2) is 0 Å². The van der Waals surface area contributed by atoms with Crippen LogP contribution < -0.4 is 10.6 Å². The largest absolute Gasteiger partial charge is 0.456 e. The lowest BCUT2D eigenvalue weighted by molar-refractivity contribution is -0.141. The Bertz CT molecular complexity index is 1410. The van der Waals surface area contributed by atoms with E-state index in [0.717, 1.165) is 22.3 Å². The quantitative estimate of drug-likeness (QED) is 0.361. The molecule has 0 unspecified atom stereocenters. The zero-order valence-corrected chi connectivity index (χ0v) is 20.2. The van der Waals surface area contributed by atoms with Crippen LogP contribution in [-0.4, -0.2) is 28.6 Å². The van der Waals surface area contributed by atoms with Crippen molar-refractivity contribution in [2.75, 3.05) is 5.32 Å². The maximum absolute atomic E-state index is 13.1. The predicted molar refractivity (Wildman–Crippen MR) is 139 cm³/mol. The topological polar surface area (TPSA) is 105 Å². The smallest absolute Gasteiger partial charge is 0.354 e. The lowest BCUT2D eigenvalue weighted by atomic mass is 9.97. The van der Waals surface area contributed by atoms with Gasteiger partial charge < -0.3 is 15.4 Å². The summed E-state index contributed by atoms with van der Waals surface area (Å²) in [6, 6.07) is 21.7. The van der Waals surface area contributed by atoms with Crippen LogP contribution in [0.25, 0.3) is 11.1 Å². The van der Waals surface area contributed by atoms with Crippen LogP contribution in [0, 0.1) is 0 Å². The first-order valence-corrected chi connectivity index (χ1v) is 11.5. The van der Waals surface area contributed by atoms with Crippen molar-refractivity contribution in [2.45, 2.75) is 20.1 Å². The van der Waals surface area contributed by atoms with E-state index in [1.165, 1.54) is 11.8 Å². The van der Waals surface area contributed by atoms with Gasteiger partial charge in [0.05, 0.1) is 6.54 Å². The van der Waals surface area contributed by atoms with Crippen LogP contribution in [0.4, 0.5) is 5.69 Å². The molecule has 0 saturated carbocycles. The molecule has 8 heteroatoms. The second-order valence-electron chi connectivity index (χ2n) is 8.42. The van der Waals surface area contributed by atoms with Gasteiger partial charge >= 0.3 is 5.97 Å². The van der Waals surface area contributed by atoms with Gasteiger partial charge in [0.25, 0.3) is 11.8 Å². The number of anilines is 1. The summed E-state index contributed by atoms with van der Waals surface area (Å²) in [4.78, 5) is 50.7. The number of carbonyl (C=O) groups excluding carboxylic acids is 4. The lowest BCUT2D eigenvalue weighted by Crippen LogP contribution is -2.36. The van der Waals surface area contributed by atoms with Crippen LogP contribution in [0.3, 0.4) is 0 Å². The Morgan fingerprint density at radius 3 is 2.27 bits per heavy atom. The number of nitrogens with zero attached hydrogens (tertiary/aromatic N) is 1. The molecule has 0 aromatic heterocycles. The third-order valence-corrected chi connectivity index (χ3v) is 5.80.